The van der Waals surface area contributed by atoms with Crippen LogP contribution < -0.4 is 0 Å². The molecule has 0 heterocycles. The van der Waals surface area contributed by atoms with E-state index in [2.05, 4.69) is 13.8 Å². The van der Waals surface area contributed by atoms with Crippen LogP contribution in [0.4, 0.5) is 0 Å². The van der Waals surface area contributed by atoms with Crippen molar-refractivity contribution < 1.29 is 0 Å². The first kappa shape index (κ1) is 11.7. The quantitative estimate of drug-likeness (QED) is 0.687. The van der Waals surface area contributed by atoms with Gasteiger partial charge in [-0.2, -0.15) is 0 Å². The molecule has 0 amide bonds. The van der Waals surface area contributed by atoms with E-state index in [0.717, 1.165) is 16.8 Å². The molecule has 0 aliphatic rings. The van der Waals surface area contributed by atoms with Gasteiger partial charge in [0.15, 0.2) is 0 Å². The van der Waals surface area contributed by atoms with E-state index in [4.69, 9.17) is 26.8 Å². The fourth-order valence-electron chi connectivity index (χ4n) is 0.711. The van der Waals surface area contributed by atoms with Crippen molar-refractivity contribution in [3.8, 4) is 0 Å². The Morgan fingerprint density at radius 2 is 1.70 bits per heavy atom. The molecule has 0 saturated carbocycles. The zero-order valence-electron chi connectivity index (χ0n) is 6.33. The van der Waals surface area contributed by atoms with Crippen LogP contribution in [0, 0.1) is 5.92 Å². The molecule has 0 aromatic heterocycles. The molecule has 0 bridgehead atoms. The van der Waals surface area contributed by atoms with Gasteiger partial charge in [0.2, 0.25) is 0 Å². The van der Waals surface area contributed by atoms with Gasteiger partial charge in [-0.05, 0) is 0 Å². The fraction of sp³-hybridized carbons (Fsp3) is 1.00. The SMILES string of the molecule is CC(C)CC[CH2][Sn]([Cl])([Cl])[Cl]. The molecule has 0 nitrogen and oxygen atoms in total. The minimum atomic E-state index is -2.95. The standard InChI is InChI=1S/C6H13.3ClH.Sn/c1-4-5-6(2)3;;;;/h6H,1,4-5H2,2-3H3;3*1H;/q;;;;+3/p-3. The maximum absolute atomic E-state index is 5.76. The number of hydrogen-bond donors (Lipinski definition) is 0. The molecule has 10 heavy (non-hydrogen) atoms. The van der Waals surface area contributed by atoms with Gasteiger partial charge in [-0.3, -0.25) is 0 Å². The Morgan fingerprint density at radius 1 is 1.20 bits per heavy atom. The maximum atomic E-state index is 5.76. The molecule has 0 fully saturated rings. The molecule has 0 aliphatic heterocycles. The molecule has 0 aromatic rings. The van der Waals surface area contributed by atoms with E-state index in [9.17, 15) is 0 Å². The molecular formula is C6H13Cl3Sn. The molecular weight excluding hydrogens is 297 g/mol. The first-order valence-electron chi connectivity index (χ1n) is 3.48. The molecule has 0 spiro atoms. The zero-order valence-corrected chi connectivity index (χ0v) is 11.5. The first-order chi connectivity index (χ1) is 4.42. The van der Waals surface area contributed by atoms with Crippen molar-refractivity contribution in [3.63, 3.8) is 0 Å². The van der Waals surface area contributed by atoms with Crippen LogP contribution in [0.2, 0.25) is 4.44 Å². The third-order valence-corrected chi connectivity index (χ3v) is 7.67. The number of halogens is 3. The topological polar surface area (TPSA) is 0 Å². The fourth-order valence-corrected chi connectivity index (χ4v) is 5.13. The van der Waals surface area contributed by atoms with E-state index in [1.807, 2.05) is 0 Å². The van der Waals surface area contributed by atoms with E-state index in [1.165, 1.54) is 6.42 Å². The minimum absolute atomic E-state index is 0.735. The van der Waals surface area contributed by atoms with Crippen LogP contribution in [0.5, 0.6) is 0 Å². The summed E-state index contributed by atoms with van der Waals surface area (Å²) in [5.41, 5.74) is 0. The molecule has 62 valence electrons. The summed E-state index contributed by atoms with van der Waals surface area (Å²) >= 11 is -2.95. The molecule has 0 aromatic carbocycles. The van der Waals surface area contributed by atoms with Crippen LogP contribution in [-0.4, -0.2) is 15.0 Å². The van der Waals surface area contributed by atoms with E-state index < -0.39 is 15.0 Å². The van der Waals surface area contributed by atoms with Gasteiger partial charge in [-0.15, -0.1) is 0 Å². The Hall–Kier alpha value is 1.67. The summed E-state index contributed by atoms with van der Waals surface area (Å²) in [7, 11) is 17.3. The van der Waals surface area contributed by atoms with Crippen molar-refractivity contribution in [2.75, 3.05) is 0 Å². The molecule has 0 aliphatic carbocycles. The summed E-state index contributed by atoms with van der Waals surface area (Å²) in [6.07, 6.45) is 2.27. The Labute approximate surface area is 78.2 Å². The average molecular weight is 310 g/mol. The number of hydrogen-bond acceptors (Lipinski definition) is 0. The van der Waals surface area contributed by atoms with Gasteiger partial charge in [0, 0.05) is 0 Å². The number of rotatable bonds is 4. The normalized spacial score (nSPS) is 12.6. The second kappa shape index (κ2) is 5.34. The zero-order chi connectivity index (χ0) is 8.20. The molecule has 0 radical (unpaired) electrons. The molecule has 0 N–H and O–H groups in total. The van der Waals surface area contributed by atoms with Gasteiger partial charge < -0.3 is 0 Å². The van der Waals surface area contributed by atoms with Gasteiger partial charge in [-0.1, -0.05) is 0 Å². The second-order valence-corrected chi connectivity index (χ2v) is 24.7. The summed E-state index contributed by atoms with van der Waals surface area (Å²) in [5.74, 6) is 0.735. The Morgan fingerprint density at radius 3 is 2.00 bits per heavy atom. The molecule has 0 unspecified atom stereocenters. The van der Waals surface area contributed by atoms with Crippen molar-refractivity contribution in [1.29, 1.82) is 0 Å². The van der Waals surface area contributed by atoms with Crippen LogP contribution in [0.1, 0.15) is 26.7 Å². The van der Waals surface area contributed by atoms with Crippen molar-refractivity contribution >= 4 is 41.8 Å². The van der Waals surface area contributed by atoms with Gasteiger partial charge in [0.25, 0.3) is 0 Å². The molecule has 0 atom stereocenters. The third kappa shape index (κ3) is 9.67. The molecule has 4 heteroatoms. The van der Waals surface area contributed by atoms with Crippen LogP contribution in [0.15, 0.2) is 0 Å². The van der Waals surface area contributed by atoms with Crippen LogP contribution in [0.3, 0.4) is 0 Å². The Balaban J connectivity index is 3.21. The summed E-state index contributed by atoms with van der Waals surface area (Å²) in [6.45, 7) is 4.38. The summed E-state index contributed by atoms with van der Waals surface area (Å²) in [4.78, 5) is 0. The summed E-state index contributed by atoms with van der Waals surface area (Å²) in [6, 6.07) is 0. The predicted octanol–water partition coefficient (Wildman–Crippen LogP) is 4.08. The second-order valence-electron chi connectivity index (χ2n) is 2.90. The third-order valence-electron chi connectivity index (χ3n) is 1.24. The average Bonchev–Trinajstić information content (AvgIpc) is 1.59. The van der Waals surface area contributed by atoms with Crippen LogP contribution >= 0.6 is 26.8 Å². The van der Waals surface area contributed by atoms with Gasteiger partial charge >= 0.3 is 78.8 Å². The monoisotopic (exact) mass is 310 g/mol. The Bertz CT molecular complexity index is 87.5. The van der Waals surface area contributed by atoms with Gasteiger partial charge in [-0.25, -0.2) is 0 Å². The Kier molecular flexibility index (Phi) is 6.23. The first-order valence-corrected chi connectivity index (χ1v) is 16.3. The van der Waals surface area contributed by atoms with E-state index in [0.29, 0.717) is 0 Å². The van der Waals surface area contributed by atoms with Crippen molar-refractivity contribution in [2.24, 2.45) is 5.92 Å². The van der Waals surface area contributed by atoms with Gasteiger partial charge in [0.1, 0.15) is 0 Å². The van der Waals surface area contributed by atoms with Crippen molar-refractivity contribution in [3.05, 3.63) is 0 Å². The summed E-state index contributed by atoms with van der Waals surface area (Å²) < 4.78 is 0.873. The summed E-state index contributed by atoms with van der Waals surface area (Å²) in [5, 5.41) is 0. The van der Waals surface area contributed by atoms with Crippen molar-refractivity contribution in [2.45, 2.75) is 31.1 Å². The van der Waals surface area contributed by atoms with Crippen molar-refractivity contribution in [1.82, 2.24) is 0 Å². The van der Waals surface area contributed by atoms with E-state index >= 15 is 0 Å². The molecule has 0 saturated heterocycles. The van der Waals surface area contributed by atoms with E-state index in [1.54, 1.807) is 0 Å². The molecule has 0 rings (SSSR count). The van der Waals surface area contributed by atoms with E-state index in [-0.39, 0.29) is 0 Å². The van der Waals surface area contributed by atoms with Crippen LogP contribution in [-0.2, 0) is 0 Å². The predicted molar refractivity (Wildman–Crippen MR) is 52.2 cm³/mol. The van der Waals surface area contributed by atoms with Crippen LogP contribution in [0.25, 0.3) is 0 Å². The van der Waals surface area contributed by atoms with Gasteiger partial charge in [0.05, 0.1) is 0 Å².